The highest BCUT2D eigenvalue weighted by molar-refractivity contribution is 6.00. The fraction of sp³-hybridized carbons (Fsp3) is 0.263. The number of hydrogen-bond donors (Lipinski definition) is 2. The Labute approximate surface area is 141 Å². The van der Waals surface area contributed by atoms with Gasteiger partial charge < -0.3 is 4.90 Å². The zero-order valence-electron chi connectivity index (χ0n) is 13.7. The third kappa shape index (κ3) is 3.56. The van der Waals surface area contributed by atoms with Crippen LogP contribution >= 0.6 is 0 Å². The van der Waals surface area contributed by atoms with Crippen molar-refractivity contribution in [2.45, 2.75) is 19.8 Å². The number of nitrogens with zero attached hydrogens (tertiary/aromatic N) is 1. The highest BCUT2D eigenvalue weighted by Crippen LogP contribution is 2.25. The number of para-hydroxylation sites is 1. The second-order valence-corrected chi connectivity index (χ2v) is 5.91. The van der Waals surface area contributed by atoms with E-state index in [1.165, 1.54) is 5.56 Å². The summed E-state index contributed by atoms with van der Waals surface area (Å²) in [4.78, 5) is 26.2. The van der Waals surface area contributed by atoms with E-state index in [1.54, 1.807) is 4.90 Å². The van der Waals surface area contributed by atoms with E-state index in [0.29, 0.717) is 6.54 Å². The highest BCUT2D eigenvalue weighted by atomic mass is 16.2. The molecule has 1 atom stereocenters. The lowest BCUT2D eigenvalue weighted by atomic mass is 10.1. The summed E-state index contributed by atoms with van der Waals surface area (Å²) in [7, 11) is 0. The molecule has 0 aromatic heterocycles. The van der Waals surface area contributed by atoms with Gasteiger partial charge in [-0.2, -0.15) is 0 Å². The number of rotatable bonds is 5. The number of aryl methyl sites for hydroxylation is 1. The van der Waals surface area contributed by atoms with Crippen LogP contribution in [0.1, 0.15) is 18.9 Å². The predicted molar refractivity (Wildman–Crippen MR) is 94.5 cm³/mol. The van der Waals surface area contributed by atoms with E-state index in [0.717, 1.165) is 17.8 Å². The largest absolute Gasteiger partial charge is 0.312 e. The number of carbonyl (C=O) groups excluding carboxylic acids is 2. The van der Waals surface area contributed by atoms with Crippen LogP contribution in [0.3, 0.4) is 0 Å². The number of nitrogens with one attached hydrogen (secondary N) is 2. The first kappa shape index (κ1) is 16.1. The van der Waals surface area contributed by atoms with E-state index in [4.69, 9.17) is 0 Å². The molecule has 24 heavy (non-hydrogen) atoms. The van der Waals surface area contributed by atoms with Crippen LogP contribution in [0.15, 0.2) is 54.6 Å². The second-order valence-electron chi connectivity index (χ2n) is 5.91. The first-order valence-electron chi connectivity index (χ1n) is 8.17. The Morgan fingerprint density at radius 1 is 1.12 bits per heavy atom. The number of benzene rings is 2. The molecule has 2 aromatic carbocycles. The maximum absolute atomic E-state index is 12.3. The summed E-state index contributed by atoms with van der Waals surface area (Å²) in [5, 5.41) is 0. The van der Waals surface area contributed by atoms with E-state index in [2.05, 4.69) is 17.8 Å². The van der Waals surface area contributed by atoms with Gasteiger partial charge in [-0.25, -0.2) is 0 Å². The van der Waals surface area contributed by atoms with Gasteiger partial charge >= 0.3 is 0 Å². The van der Waals surface area contributed by atoms with E-state index in [-0.39, 0.29) is 24.2 Å². The van der Waals surface area contributed by atoms with Gasteiger partial charge in [-0.1, -0.05) is 37.3 Å². The molecule has 2 aromatic rings. The van der Waals surface area contributed by atoms with Crippen LogP contribution in [-0.2, 0) is 16.0 Å². The number of hydrazine groups is 1. The first-order valence-corrected chi connectivity index (χ1v) is 8.17. The number of amides is 2. The Kier molecular flexibility index (Phi) is 4.79. The highest BCUT2D eigenvalue weighted by Gasteiger charge is 2.35. The fourth-order valence-electron chi connectivity index (χ4n) is 2.80. The molecule has 0 bridgehead atoms. The summed E-state index contributed by atoms with van der Waals surface area (Å²) in [5.74, 6) is -0.529. The lowest BCUT2D eigenvalue weighted by Gasteiger charge is -2.17. The molecule has 1 heterocycles. The molecule has 5 heteroatoms. The minimum absolute atomic E-state index is 0.0147. The average molecular weight is 323 g/mol. The molecular formula is C19H21N3O2. The molecule has 5 nitrogen and oxygen atoms in total. The second kappa shape index (κ2) is 7.17. The van der Waals surface area contributed by atoms with Crippen LogP contribution in [0.2, 0.25) is 0 Å². The summed E-state index contributed by atoms with van der Waals surface area (Å²) >= 11 is 0. The minimum atomic E-state index is -0.348. The molecular weight excluding hydrogens is 302 g/mol. The first-order chi connectivity index (χ1) is 11.7. The van der Waals surface area contributed by atoms with Crippen molar-refractivity contribution in [3.05, 3.63) is 60.2 Å². The number of hydrogen-bond acceptors (Lipinski definition) is 3. The molecule has 1 unspecified atom stereocenters. The topological polar surface area (TPSA) is 61.4 Å². The standard InChI is InChI=1S/C19H21N3O2/c1-2-14-8-10-17(11-9-14)22-13-15(12-18(22)23)19(24)21-20-16-6-4-3-5-7-16/h3-11,15,20H,2,12-13H2,1H3,(H,21,24). The normalized spacial score (nSPS) is 17.0. The van der Waals surface area contributed by atoms with Gasteiger partial charge in [0.05, 0.1) is 11.6 Å². The summed E-state index contributed by atoms with van der Waals surface area (Å²) in [5.41, 5.74) is 8.45. The number of anilines is 2. The third-order valence-corrected chi connectivity index (χ3v) is 4.26. The lowest BCUT2D eigenvalue weighted by Crippen LogP contribution is -2.36. The Morgan fingerprint density at radius 3 is 2.50 bits per heavy atom. The van der Waals surface area contributed by atoms with E-state index in [9.17, 15) is 9.59 Å². The van der Waals surface area contributed by atoms with Gasteiger partial charge in [-0.3, -0.25) is 20.4 Å². The van der Waals surface area contributed by atoms with Crippen molar-refractivity contribution in [1.82, 2.24) is 5.43 Å². The maximum Gasteiger partial charge on any atom is 0.243 e. The molecule has 124 valence electrons. The molecule has 0 saturated carbocycles. The molecule has 1 aliphatic rings. The van der Waals surface area contributed by atoms with Crippen LogP contribution < -0.4 is 15.8 Å². The van der Waals surface area contributed by atoms with Crippen molar-refractivity contribution in [2.75, 3.05) is 16.9 Å². The van der Waals surface area contributed by atoms with Crippen LogP contribution in [0.25, 0.3) is 0 Å². The molecule has 3 rings (SSSR count). The van der Waals surface area contributed by atoms with E-state index in [1.807, 2.05) is 54.6 Å². The molecule has 0 aliphatic carbocycles. The molecule has 1 saturated heterocycles. The molecule has 1 fully saturated rings. The Morgan fingerprint density at radius 2 is 1.83 bits per heavy atom. The SMILES string of the molecule is CCc1ccc(N2CC(C(=O)NNc3ccccc3)CC2=O)cc1. The van der Waals surface area contributed by atoms with Gasteiger partial charge in [-0.15, -0.1) is 0 Å². The third-order valence-electron chi connectivity index (χ3n) is 4.26. The average Bonchev–Trinajstić information content (AvgIpc) is 3.02. The fourth-order valence-corrected chi connectivity index (χ4v) is 2.80. The molecule has 0 radical (unpaired) electrons. The van der Waals surface area contributed by atoms with Gasteiger partial charge in [0.2, 0.25) is 11.8 Å². The Balaban J connectivity index is 1.60. The molecule has 2 N–H and O–H groups in total. The summed E-state index contributed by atoms with van der Waals surface area (Å²) in [6.07, 6.45) is 1.20. The zero-order valence-corrected chi connectivity index (χ0v) is 13.7. The van der Waals surface area contributed by atoms with Crippen LogP contribution in [0.4, 0.5) is 11.4 Å². The lowest BCUT2D eigenvalue weighted by molar-refractivity contribution is -0.125. The smallest absolute Gasteiger partial charge is 0.243 e. The van der Waals surface area contributed by atoms with Gasteiger partial charge in [0.15, 0.2) is 0 Å². The van der Waals surface area contributed by atoms with Gasteiger partial charge in [-0.05, 0) is 36.2 Å². The van der Waals surface area contributed by atoms with Crippen LogP contribution in [-0.4, -0.2) is 18.4 Å². The van der Waals surface area contributed by atoms with Crippen LogP contribution in [0, 0.1) is 5.92 Å². The van der Waals surface area contributed by atoms with Crippen molar-refractivity contribution in [1.29, 1.82) is 0 Å². The monoisotopic (exact) mass is 323 g/mol. The molecule has 2 amide bonds. The van der Waals surface area contributed by atoms with Gasteiger partial charge in [0.25, 0.3) is 0 Å². The predicted octanol–water partition coefficient (Wildman–Crippen LogP) is 2.75. The van der Waals surface area contributed by atoms with Crippen LogP contribution in [0.5, 0.6) is 0 Å². The minimum Gasteiger partial charge on any atom is -0.312 e. The Bertz CT molecular complexity index is 713. The van der Waals surface area contributed by atoms with Gasteiger partial charge in [0, 0.05) is 18.7 Å². The van der Waals surface area contributed by atoms with Crippen molar-refractivity contribution >= 4 is 23.2 Å². The quantitative estimate of drug-likeness (QED) is 0.832. The molecule has 0 spiro atoms. The summed E-state index contributed by atoms with van der Waals surface area (Å²) in [6.45, 7) is 2.50. The van der Waals surface area contributed by atoms with Crippen molar-refractivity contribution in [3.63, 3.8) is 0 Å². The van der Waals surface area contributed by atoms with E-state index < -0.39 is 0 Å². The van der Waals surface area contributed by atoms with Crippen molar-refractivity contribution < 1.29 is 9.59 Å². The molecule has 1 aliphatic heterocycles. The van der Waals surface area contributed by atoms with Crippen molar-refractivity contribution in [3.8, 4) is 0 Å². The van der Waals surface area contributed by atoms with Gasteiger partial charge in [0.1, 0.15) is 0 Å². The maximum atomic E-state index is 12.3. The Hall–Kier alpha value is -2.82. The summed E-state index contributed by atoms with van der Waals surface area (Å²) < 4.78 is 0. The summed E-state index contributed by atoms with van der Waals surface area (Å²) in [6, 6.07) is 17.3. The zero-order chi connectivity index (χ0) is 16.9. The van der Waals surface area contributed by atoms with E-state index >= 15 is 0 Å². The van der Waals surface area contributed by atoms with Crippen molar-refractivity contribution in [2.24, 2.45) is 5.92 Å². The number of carbonyl (C=O) groups is 2.